The first-order chi connectivity index (χ1) is 9.81. The number of hydrogen-bond acceptors (Lipinski definition) is 4. The molecule has 2 rings (SSSR count). The first-order valence-corrected chi connectivity index (χ1v) is 7.56. The van der Waals surface area contributed by atoms with Crippen molar-refractivity contribution in [2.75, 3.05) is 7.05 Å². The van der Waals surface area contributed by atoms with Crippen LogP contribution in [-0.2, 0) is 12.0 Å². The molecule has 2 aromatic rings. The molecule has 0 aliphatic rings. The normalized spacial score (nSPS) is 11.4. The SMILES string of the molecule is CNC(=O)c1ccc(=O)n(Cc2csc(C(C)(C)C)n2)c1. The summed E-state index contributed by atoms with van der Waals surface area (Å²) in [4.78, 5) is 28.1. The predicted molar refractivity (Wildman–Crippen MR) is 84.0 cm³/mol. The van der Waals surface area contributed by atoms with Gasteiger partial charge in [0, 0.05) is 30.1 Å². The minimum absolute atomic E-state index is 0.00216. The number of carbonyl (C=O) groups excluding carboxylic acids is 1. The van der Waals surface area contributed by atoms with Gasteiger partial charge >= 0.3 is 0 Å². The second-order valence-electron chi connectivity index (χ2n) is 5.86. The molecule has 0 aliphatic carbocycles. The highest BCUT2D eigenvalue weighted by molar-refractivity contribution is 7.09. The molecule has 0 radical (unpaired) electrons. The number of rotatable bonds is 3. The van der Waals surface area contributed by atoms with Crippen LogP contribution < -0.4 is 10.9 Å². The van der Waals surface area contributed by atoms with E-state index in [-0.39, 0.29) is 16.9 Å². The van der Waals surface area contributed by atoms with E-state index < -0.39 is 0 Å². The quantitative estimate of drug-likeness (QED) is 0.943. The van der Waals surface area contributed by atoms with Crippen LogP contribution in [0.2, 0.25) is 0 Å². The molecule has 0 aliphatic heterocycles. The predicted octanol–water partition coefficient (Wildman–Crippen LogP) is 2.01. The van der Waals surface area contributed by atoms with Gasteiger partial charge in [0.15, 0.2) is 0 Å². The van der Waals surface area contributed by atoms with Gasteiger partial charge < -0.3 is 9.88 Å². The van der Waals surface area contributed by atoms with Crippen molar-refractivity contribution in [1.82, 2.24) is 14.9 Å². The Bertz CT molecular complexity index is 710. The third-order valence-corrected chi connectivity index (χ3v) is 4.32. The van der Waals surface area contributed by atoms with Crippen LogP contribution in [0.4, 0.5) is 0 Å². The molecular weight excluding hydrogens is 286 g/mol. The summed E-state index contributed by atoms with van der Waals surface area (Å²) in [5.74, 6) is -0.211. The van der Waals surface area contributed by atoms with Crippen LogP contribution in [0.15, 0.2) is 28.5 Å². The Kier molecular flexibility index (Phi) is 4.27. The second-order valence-corrected chi connectivity index (χ2v) is 6.72. The third kappa shape index (κ3) is 3.58. The first kappa shape index (κ1) is 15.4. The Hall–Kier alpha value is -1.95. The maximum Gasteiger partial charge on any atom is 0.252 e. The largest absolute Gasteiger partial charge is 0.355 e. The van der Waals surface area contributed by atoms with Crippen LogP contribution >= 0.6 is 11.3 Å². The molecule has 0 fully saturated rings. The van der Waals surface area contributed by atoms with E-state index in [0.29, 0.717) is 12.1 Å². The van der Waals surface area contributed by atoms with Crippen molar-refractivity contribution in [2.24, 2.45) is 0 Å². The summed E-state index contributed by atoms with van der Waals surface area (Å²) in [7, 11) is 1.56. The lowest BCUT2D eigenvalue weighted by atomic mass is 9.98. The van der Waals surface area contributed by atoms with Gasteiger partial charge in [0.1, 0.15) is 0 Å². The zero-order valence-corrected chi connectivity index (χ0v) is 13.5. The highest BCUT2D eigenvalue weighted by Gasteiger charge is 2.18. The van der Waals surface area contributed by atoms with Gasteiger partial charge in [0.25, 0.3) is 11.5 Å². The van der Waals surface area contributed by atoms with Crippen molar-refractivity contribution in [1.29, 1.82) is 0 Å². The molecular formula is C15H19N3O2S. The molecule has 2 heterocycles. The van der Waals surface area contributed by atoms with Crippen LogP contribution in [-0.4, -0.2) is 22.5 Å². The lowest BCUT2D eigenvalue weighted by molar-refractivity contribution is 0.0962. The van der Waals surface area contributed by atoms with E-state index in [1.54, 1.807) is 24.6 Å². The van der Waals surface area contributed by atoms with Crippen molar-refractivity contribution < 1.29 is 4.79 Å². The highest BCUT2D eigenvalue weighted by Crippen LogP contribution is 2.25. The Morgan fingerprint density at radius 2 is 2.10 bits per heavy atom. The van der Waals surface area contributed by atoms with Crippen molar-refractivity contribution in [3.8, 4) is 0 Å². The van der Waals surface area contributed by atoms with E-state index in [2.05, 4.69) is 31.1 Å². The number of hydrogen-bond donors (Lipinski definition) is 1. The van der Waals surface area contributed by atoms with Crippen LogP contribution in [0.3, 0.4) is 0 Å². The van der Waals surface area contributed by atoms with Crippen molar-refractivity contribution in [2.45, 2.75) is 32.7 Å². The van der Waals surface area contributed by atoms with Crippen molar-refractivity contribution in [3.63, 3.8) is 0 Å². The summed E-state index contributed by atoms with van der Waals surface area (Å²) in [6, 6.07) is 2.93. The summed E-state index contributed by atoms with van der Waals surface area (Å²) in [6.07, 6.45) is 1.57. The van der Waals surface area contributed by atoms with Crippen molar-refractivity contribution >= 4 is 17.2 Å². The van der Waals surface area contributed by atoms with Crippen LogP contribution in [0.1, 0.15) is 41.8 Å². The average Bonchev–Trinajstić information content (AvgIpc) is 2.89. The molecule has 0 saturated carbocycles. The number of nitrogens with one attached hydrogen (secondary N) is 1. The summed E-state index contributed by atoms with van der Waals surface area (Å²) in [5.41, 5.74) is 1.15. The van der Waals surface area contributed by atoms with Gasteiger partial charge in [-0.05, 0) is 6.07 Å². The van der Waals surface area contributed by atoms with Gasteiger partial charge in [0.2, 0.25) is 0 Å². The summed E-state index contributed by atoms with van der Waals surface area (Å²) >= 11 is 1.59. The molecule has 0 unspecified atom stereocenters. The fourth-order valence-electron chi connectivity index (χ4n) is 1.83. The van der Waals surface area contributed by atoms with Gasteiger partial charge in [-0.2, -0.15) is 0 Å². The Labute approximate surface area is 127 Å². The van der Waals surface area contributed by atoms with Crippen LogP contribution in [0.5, 0.6) is 0 Å². The smallest absolute Gasteiger partial charge is 0.252 e. The minimum Gasteiger partial charge on any atom is -0.355 e. The lowest BCUT2D eigenvalue weighted by Gasteiger charge is -2.13. The average molecular weight is 305 g/mol. The number of aromatic nitrogens is 2. The maximum atomic E-state index is 11.9. The second kappa shape index (κ2) is 5.81. The molecule has 0 atom stereocenters. The number of carbonyl (C=O) groups is 1. The summed E-state index contributed by atoms with van der Waals surface area (Å²) in [5, 5.41) is 5.54. The van der Waals surface area contributed by atoms with E-state index >= 15 is 0 Å². The molecule has 0 aromatic carbocycles. The molecule has 0 spiro atoms. The lowest BCUT2D eigenvalue weighted by Crippen LogP contribution is -2.24. The number of pyridine rings is 1. The fourth-order valence-corrected chi connectivity index (χ4v) is 2.73. The standard InChI is InChI=1S/C15H19N3O2S/c1-15(2,3)14-17-11(9-21-14)8-18-7-10(13(20)16-4)5-6-12(18)19/h5-7,9H,8H2,1-4H3,(H,16,20). The molecule has 0 saturated heterocycles. The van der Waals surface area contributed by atoms with Gasteiger partial charge in [-0.15, -0.1) is 11.3 Å². The fraction of sp³-hybridized carbons (Fsp3) is 0.400. The molecule has 2 aromatic heterocycles. The number of nitrogens with zero attached hydrogens (tertiary/aromatic N) is 2. The molecule has 1 amide bonds. The van der Waals surface area contributed by atoms with E-state index in [4.69, 9.17) is 0 Å². The van der Waals surface area contributed by atoms with Gasteiger partial charge in [0.05, 0.1) is 22.8 Å². The van der Waals surface area contributed by atoms with E-state index in [0.717, 1.165) is 10.7 Å². The van der Waals surface area contributed by atoms with Crippen LogP contribution in [0, 0.1) is 0 Å². The van der Waals surface area contributed by atoms with E-state index in [9.17, 15) is 9.59 Å². The van der Waals surface area contributed by atoms with E-state index in [1.807, 2.05) is 5.38 Å². The topological polar surface area (TPSA) is 64.0 Å². The van der Waals surface area contributed by atoms with E-state index in [1.165, 1.54) is 16.7 Å². The highest BCUT2D eigenvalue weighted by atomic mass is 32.1. The summed E-state index contributed by atoms with van der Waals surface area (Å²) < 4.78 is 1.51. The Morgan fingerprint density at radius 3 is 2.67 bits per heavy atom. The van der Waals surface area contributed by atoms with Gasteiger partial charge in [-0.3, -0.25) is 9.59 Å². The number of thiazole rings is 1. The summed E-state index contributed by atoms with van der Waals surface area (Å²) in [6.45, 7) is 6.69. The van der Waals surface area contributed by atoms with Gasteiger partial charge in [-0.25, -0.2) is 4.98 Å². The maximum absolute atomic E-state index is 11.9. The van der Waals surface area contributed by atoms with Crippen molar-refractivity contribution in [3.05, 3.63) is 50.3 Å². The third-order valence-electron chi connectivity index (χ3n) is 3.00. The molecule has 1 N–H and O–H groups in total. The van der Waals surface area contributed by atoms with Crippen LogP contribution in [0.25, 0.3) is 0 Å². The molecule has 5 nitrogen and oxygen atoms in total. The molecule has 0 bridgehead atoms. The first-order valence-electron chi connectivity index (χ1n) is 6.68. The monoisotopic (exact) mass is 305 g/mol. The molecule has 6 heteroatoms. The Balaban J connectivity index is 2.29. The minimum atomic E-state index is -0.211. The number of amides is 1. The zero-order chi connectivity index (χ0) is 15.6. The molecule has 112 valence electrons. The van der Waals surface area contributed by atoms with Gasteiger partial charge in [-0.1, -0.05) is 20.8 Å². The zero-order valence-electron chi connectivity index (χ0n) is 12.6. The Morgan fingerprint density at radius 1 is 1.38 bits per heavy atom. The molecule has 21 heavy (non-hydrogen) atoms.